The van der Waals surface area contributed by atoms with Gasteiger partial charge in [0.05, 0.1) is 0 Å². The maximum Gasteiger partial charge on any atom is 0.260 e. The van der Waals surface area contributed by atoms with Gasteiger partial charge >= 0.3 is 0 Å². The lowest BCUT2D eigenvalue weighted by molar-refractivity contribution is -0.134. The Hall–Kier alpha value is -1.26. The first-order chi connectivity index (χ1) is 10.5. The summed E-state index contributed by atoms with van der Waals surface area (Å²) in [4.78, 5) is 14.2. The highest BCUT2D eigenvalue weighted by atomic mass is 35.5. The summed E-state index contributed by atoms with van der Waals surface area (Å²) in [5.41, 5.74) is 0.954. The first kappa shape index (κ1) is 15.6. The summed E-state index contributed by atoms with van der Waals surface area (Å²) >= 11 is 5.99. The van der Waals surface area contributed by atoms with Gasteiger partial charge in [0.25, 0.3) is 5.91 Å². The summed E-state index contributed by atoms with van der Waals surface area (Å²) in [7, 11) is 1.90. The number of halogens is 1. The van der Waals surface area contributed by atoms with Crippen LogP contribution in [0, 0.1) is 6.92 Å². The molecule has 4 nitrogen and oxygen atoms in total. The lowest BCUT2D eigenvalue weighted by atomic mass is 9.98. The molecule has 2 saturated heterocycles. The molecule has 0 radical (unpaired) electrons. The Labute approximate surface area is 136 Å². The summed E-state index contributed by atoms with van der Waals surface area (Å²) in [5, 5.41) is 4.31. The standard InChI is InChI=1S/C17H23ClN2O2/c1-11-7-15(5-6-16(11)18)22-10-17(21)20(2)14-8-12-3-4-13(9-14)19-12/h5-7,12-14,19H,3-4,8-10H2,1-2H3. The number of nitrogens with zero attached hydrogens (tertiary/aromatic N) is 1. The van der Waals surface area contributed by atoms with E-state index in [1.807, 2.05) is 24.9 Å². The molecule has 1 aromatic rings. The molecule has 0 aromatic heterocycles. The van der Waals surface area contributed by atoms with E-state index in [9.17, 15) is 4.79 Å². The van der Waals surface area contributed by atoms with Gasteiger partial charge < -0.3 is 15.0 Å². The molecule has 2 aliphatic heterocycles. The average molecular weight is 323 g/mol. The summed E-state index contributed by atoms with van der Waals surface area (Å²) in [6.07, 6.45) is 4.59. The second-order valence-corrected chi connectivity index (χ2v) is 6.87. The number of piperidine rings is 1. The van der Waals surface area contributed by atoms with Crippen LogP contribution in [0.1, 0.15) is 31.2 Å². The molecule has 1 amide bonds. The fourth-order valence-corrected chi connectivity index (χ4v) is 3.62. The van der Waals surface area contributed by atoms with Gasteiger partial charge in [-0.05, 0) is 56.4 Å². The van der Waals surface area contributed by atoms with Crippen molar-refractivity contribution in [3.05, 3.63) is 28.8 Å². The molecule has 2 aliphatic rings. The topological polar surface area (TPSA) is 41.6 Å². The molecule has 0 saturated carbocycles. The maximum absolute atomic E-state index is 12.4. The van der Waals surface area contributed by atoms with E-state index in [1.165, 1.54) is 12.8 Å². The van der Waals surface area contributed by atoms with E-state index in [4.69, 9.17) is 16.3 Å². The van der Waals surface area contributed by atoms with E-state index in [0.717, 1.165) is 18.4 Å². The molecular weight excluding hydrogens is 300 g/mol. The number of fused-ring (bicyclic) bond motifs is 2. The molecule has 5 heteroatoms. The van der Waals surface area contributed by atoms with Gasteiger partial charge in [-0.3, -0.25) is 4.79 Å². The predicted molar refractivity (Wildman–Crippen MR) is 87.4 cm³/mol. The number of likely N-dealkylation sites (N-methyl/N-ethyl adjacent to an activating group) is 1. The molecule has 2 atom stereocenters. The third-order valence-corrected chi connectivity index (χ3v) is 5.31. The number of carbonyl (C=O) groups is 1. The van der Waals surface area contributed by atoms with Gasteiger partial charge in [-0.1, -0.05) is 11.6 Å². The molecule has 2 heterocycles. The van der Waals surface area contributed by atoms with Crippen LogP contribution in [0.4, 0.5) is 0 Å². The Morgan fingerprint density at radius 3 is 2.68 bits per heavy atom. The quantitative estimate of drug-likeness (QED) is 0.926. The molecular formula is C17H23ClN2O2. The molecule has 0 aliphatic carbocycles. The Morgan fingerprint density at radius 2 is 2.05 bits per heavy atom. The number of nitrogens with one attached hydrogen (secondary N) is 1. The Kier molecular flexibility index (Phi) is 4.59. The van der Waals surface area contributed by atoms with Crippen LogP contribution in [0.3, 0.4) is 0 Å². The van der Waals surface area contributed by atoms with Gasteiger partial charge in [0.15, 0.2) is 6.61 Å². The first-order valence-electron chi connectivity index (χ1n) is 7.93. The fraction of sp³-hybridized carbons (Fsp3) is 0.588. The van der Waals surface area contributed by atoms with Crippen molar-refractivity contribution in [2.45, 2.75) is 50.7 Å². The van der Waals surface area contributed by atoms with E-state index in [1.54, 1.807) is 12.1 Å². The highest BCUT2D eigenvalue weighted by Gasteiger charge is 2.36. The smallest absolute Gasteiger partial charge is 0.260 e. The third-order valence-electron chi connectivity index (χ3n) is 4.88. The van der Waals surface area contributed by atoms with E-state index < -0.39 is 0 Å². The van der Waals surface area contributed by atoms with Crippen LogP contribution in [0.25, 0.3) is 0 Å². The Morgan fingerprint density at radius 1 is 1.36 bits per heavy atom. The minimum Gasteiger partial charge on any atom is -0.484 e. The molecule has 2 unspecified atom stereocenters. The van der Waals surface area contributed by atoms with Crippen molar-refractivity contribution in [3.63, 3.8) is 0 Å². The second-order valence-electron chi connectivity index (χ2n) is 6.47. The van der Waals surface area contributed by atoms with E-state index in [0.29, 0.717) is 28.9 Å². The molecule has 120 valence electrons. The summed E-state index contributed by atoms with van der Waals surface area (Å²) in [5.74, 6) is 0.730. The zero-order valence-electron chi connectivity index (χ0n) is 13.1. The lowest BCUT2D eigenvalue weighted by Crippen LogP contribution is -2.49. The maximum atomic E-state index is 12.4. The summed E-state index contributed by atoms with van der Waals surface area (Å²) in [6.45, 7) is 2.00. The van der Waals surface area contributed by atoms with Gasteiger partial charge in [0.2, 0.25) is 0 Å². The van der Waals surface area contributed by atoms with E-state index >= 15 is 0 Å². The highest BCUT2D eigenvalue weighted by molar-refractivity contribution is 6.31. The molecule has 22 heavy (non-hydrogen) atoms. The van der Waals surface area contributed by atoms with Gasteiger partial charge in [0, 0.05) is 30.2 Å². The van der Waals surface area contributed by atoms with Crippen LogP contribution < -0.4 is 10.1 Å². The minimum atomic E-state index is 0.0407. The molecule has 2 bridgehead atoms. The average Bonchev–Trinajstić information content (AvgIpc) is 2.85. The van der Waals surface area contributed by atoms with Crippen molar-refractivity contribution in [1.29, 1.82) is 0 Å². The van der Waals surface area contributed by atoms with Crippen LogP contribution in [0.2, 0.25) is 5.02 Å². The van der Waals surface area contributed by atoms with Crippen LogP contribution in [0.15, 0.2) is 18.2 Å². The largest absolute Gasteiger partial charge is 0.484 e. The number of rotatable bonds is 4. The van der Waals surface area contributed by atoms with Gasteiger partial charge in [-0.25, -0.2) is 0 Å². The van der Waals surface area contributed by atoms with Gasteiger partial charge in [-0.2, -0.15) is 0 Å². The minimum absolute atomic E-state index is 0.0407. The van der Waals surface area contributed by atoms with Crippen molar-refractivity contribution in [3.8, 4) is 5.75 Å². The van der Waals surface area contributed by atoms with E-state index in [2.05, 4.69) is 5.32 Å². The van der Waals surface area contributed by atoms with Gasteiger partial charge in [0.1, 0.15) is 5.75 Å². The zero-order chi connectivity index (χ0) is 15.7. The molecule has 3 rings (SSSR count). The van der Waals surface area contributed by atoms with Crippen LogP contribution in [-0.2, 0) is 4.79 Å². The SMILES string of the molecule is Cc1cc(OCC(=O)N(C)C2CC3CCC(C2)N3)ccc1Cl. The zero-order valence-corrected chi connectivity index (χ0v) is 13.9. The van der Waals surface area contributed by atoms with Crippen molar-refractivity contribution in [2.75, 3.05) is 13.7 Å². The third kappa shape index (κ3) is 3.39. The number of hydrogen-bond acceptors (Lipinski definition) is 3. The number of carbonyl (C=O) groups excluding carboxylic acids is 1. The molecule has 0 spiro atoms. The monoisotopic (exact) mass is 322 g/mol. The predicted octanol–water partition coefficient (Wildman–Crippen LogP) is 2.77. The van der Waals surface area contributed by atoms with E-state index in [-0.39, 0.29) is 12.5 Å². The molecule has 1 N–H and O–H groups in total. The number of aryl methyl sites for hydroxylation is 1. The second kappa shape index (κ2) is 6.47. The number of hydrogen-bond donors (Lipinski definition) is 1. The fourth-order valence-electron chi connectivity index (χ4n) is 3.50. The van der Waals surface area contributed by atoms with Crippen LogP contribution >= 0.6 is 11.6 Å². The molecule has 2 fully saturated rings. The van der Waals surface area contributed by atoms with Crippen molar-refractivity contribution in [1.82, 2.24) is 10.2 Å². The number of amides is 1. The van der Waals surface area contributed by atoms with Crippen LogP contribution in [0.5, 0.6) is 5.75 Å². The lowest BCUT2D eigenvalue weighted by Gasteiger charge is -2.35. The normalized spacial score (nSPS) is 26.8. The summed E-state index contributed by atoms with van der Waals surface area (Å²) < 4.78 is 5.62. The van der Waals surface area contributed by atoms with Gasteiger partial charge in [-0.15, -0.1) is 0 Å². The van der Waals surface area contributed by atoms with Crippen molar-refractivity contribution in [2.24, 2.45) is 0 Å². The highest BCUT2D eigenvalue weighted by Crippen LogP contribution is 2.29. The van der Waals surface area contributed by atoms with Crippen molar-refractivity contribution < 1.29 is 9.53 Å². The van der Waals surface area contributed by atoms with Crippen LogP contribution in [-0.4, -0.2) is 42.6 Å². The number of ether oxygens (including phenoxy) is 1. The van der Waals surface area contributed by atoms with Crippen molar-refractivity contribution >= 4 is 17.5 Å². The summed E-state index contributed by atoms with van der Waals surface area (Å²) in [6, 6.07) is 6.96. The first-order valence-corrected chi connectivity index (χ1v) is 8.31. The Bertz CT molecular complexity index is 552. The Balaban J connectivity index is 1.53. The molecule has 1 aromatic carbocycles. The number of benzene rings is 1.